The van der Waals surface area contributed by atoms with Gasteiger partial charge in [-0.05, 0) is 39.2 Å². The van der Waals surface area contributed by atoms with Crippen LogP contribution in [0, 0.1) is 6.92 Å². The number of nitrogens with one attached hydrogen (secondary N) is 1. The highest BCUT2D eigenvalue weighted by atomic mass is 16.5. The number of H-pyrrole nitrogens is 1. The Balaban J connectivity index is 1.49. The topological polar surface area (TPSA) is 59.0 Å². The lowest BCUT2D eigenvalue weighted by Gasteiger charge is -2.23. The van der Waals surface area contributed by atoms with Crippen LogP contribution in [0.4, 0.5) is 0 Å². The first-order valence-corrected chi connectivity index (χ1v) is 8.67. The van der Waals surface area contributed by atoms with E-state index in [4.69, 9.17) is 9.84 Å². The maximum atomic E-state index is 5.46. The summed E-state index contributed by atoms with van der Waals surface area (Å²) in [5, 5.41) is 4.78. The van der Waals surface area contributed by atoms with Gasteiger partial charge in [-0.3, -0.25) is 9.58 Å². The first-order chi connectivity index (χ1) is 11.3. The maximum Gasteiger partial charge on any atom is 0.123 e. The molecule has 2 fully saturated rings. The average molecular weight is 315 g/mol. The molecule has 0 spiro atoms. The van der Waals surface area contributed by atoms with Crippen LogP contribution in [-0.4, -0.2) is 44.4 Å². The summed E-state index contributed by atoms with van der Waals surface area (Å²) in [5.74, 6) is 1.09. The molecule has 23 heavy (non-hydrogen) atoms. The molecule has 6 heteroatoms. The Morgan fingerprint density at radius 3 is 2.96 bits per heavy atom. The summed E-state index contributed by atoms with van der Waals surface area (Å²) < 4.78 is 7.63. The van der Waals surface area contributed by atoms with Gasteiger partial charge in [0.2, 0.25) is 0 Å². The molecule has 0 saturated carbocycles. The molecule has 0 aliphatic carbocycles. The third-order valence-corrected chi connectivity index (χ3v) is 5.16. The molecule has 2 aliphatic heterocycles. The molecular weight excluding hydrogens is 290 g/mol. The lowest BCUT2D eigenvalue weighted by Crippen LogP contribution is -2.23. The van der Waals surface area contributed by atoms with E-state index in [2.05, 4.69) is 32.7 Å². The van der Waals surface area contributed by atoms with Crippen LogP contribution in [0.25, 0.3) is 0 Å². The second kappa shape index (κ2) is 6.45. The molecule has 4 heterocycles. The second-order valence-corrected chi connectivity index (χ2v) is 6.67. The number of ether oxygens (including phenoxy) is 1. The number of likely N-dealkylation sites (tertiary alicyclic amines) is 1. The average Bonchev–Trinajstić information content (AvgIpc) is 3.30. The number of aromatic amines is 1. The quantitative estimate of drug-likeness (QED) is 0.942. The minimum absolute atomic E-state index is 0.413. The van der Waals surface area contributed by atoms with Crippen molar-refractivity contribution in [2.45, 2.75) is 51.2 Å². The van der Waals surface area contributed by atoms with E-state index in [1.54, 1.807) is 0 Å². The summed E-state index contributed by atoms with van der Waals surface area (Å²) in [6.45, 7) is 5.92. The highest BCUT2D eigenvalue weighted by Crippen LogP contribution is 2.32. The van der Waals surface area contributed by atoms with Crippen LogP contribution in [0.5, 0.6) is 0 Å². The Kier molecular flexibility index (Phi) is 4.18. The van der Waals surface area contributed by atoms with Crippen molar-refractivity contribution in [2.75, 3.05) is 19.8 Å². The Hall–Kier alpha value is -1.66. The molecule has 0 radical (unpaired) electrons. The number of imidazole rings is 1. The predicted molar refractivity (Wildman–Crippen MR) is 87.0 cm³/mol. The third-order valence-electron chi connectivity index (χ3n) is 5.16. The lowest BCUT2D eigenvalue weighted by molar-refractivity contribution is 0.0661. The van der Waals surface area contributed by atoms with E-state index in [-0.39, 0.29) is 0 Å². The molecular formula is C17H25N5O. The molecule has 1 unspecified atom stereocenters. The van der Waals surface area contributed by atoms with Gasteiger partial charge < -0.3 is 9.72 Å². The van der Waals surface area contributed by atoms with Gasteiger partial charge in [-0.1, -0.05) is 0 Å². The number of aryl methyl sites for hydroxylation is 1. The highest BCUT2D eigenvalue weighted by molar-refractivity contribution is 5.17. The van der Waals surface area contributed by atoms with Crippen LogP contribution < -0.4 is 0 Å². The van der Waals surface area contributed by atoms with Crippen molar-refractivity contribution in [2.24, 2.45) is 0 Å². The first kappa shape index (κ1) is 14.9. The fourth-order valence-electron chi connectivity index (χ4n) is 3.81. The van der Waals surface area contributed by atoms with Crippen molar-refractivity contribution < 1.29 is 4.74 Å². The van der Waals surface area contributed by atoms with Crippen molar-refractivity contribution in [1.82, 2.24) is 24.6 Å². The van der Waals surface area contributed by atoms with Gasteiger partial charge >= 0.3 is 0 Å². The largest absolute Gasteiger partial charge is 0.381 e. The number of aromatic nitrogens is 4. The van der Waals surface area contributed by atoms with Gasteiger partial charge in [-0.15, -0.1) is 0 Å². The number of hydrogen-bond donors (Lipinski definition) is 1. The lowest BCUT2D eigenvalue weighted by atomic mass is 10.1. The van der Waals surface area contributed by atoms with Crippen molar-refractivity contribution in [3.63, 3.8) is 0 Å². The molecule has 6 nitrogen and oxygen atoms in total. The predicted octanol–water partition coefficient (Wildman–Crippen LogP) is 2.60. The SMILES string of the molecule is Cc1nn(C2CCOCC2)cc1CN1CCCC1c1ncc[nH]1. The summed E-state index contributed by atoms with van der Waals surface area (Å²) in [4.78, 5) is 10.3. The van der Waals surface area contributed by atoms with Crippen LogP contribution in [0.15, 0.2) is 18.6 Å². The first-order valence-electron chi connectivity index (χ1n) is 8.67. The molecule has 4 rings (SSSR count). The zero-order chi connectivity index (χ0) is 15.6. The molecule has 0 amide bonds. The van der Waals surface area contributed by atoms with E-state index in [0.717, 1.165) is 50.7 Å². The Labute approximate surface area is 136 Å². The fraction of sp³-hybridized carbons (Fsp3) is 0.647. The summed E-state index contributed by atoms with van der Waals surface area (Å²) in [7, 11) is 0. The number of nitrogens with zero attached hydrogens (tertiary/aromatic N) is 4. The van der Waals surface area contributed by atoms with Crippen molar-refractivity contribution in [3.05, 3.63) is 35.7 Å². The Morgan fingerprint density at radius 1 is 1.30 bits per heavy atom. The van der Waals surface area contributed by atoms with E-state index in [1.165, 1.54) is 18.4 Å². The second-order valence-electron chi connectivity index (χ2n) is 6.67. The summed E-state index contributed by atoms with van der Waals surface area (Å²) in [6.07, 6.45) is 10.6. The van der Waals surface area contributed by atoms with E-state index >= 15 is 0 Å². The van der Waals surface area contributed by atoms with Crippen molar-refractivity contribution in [1.29, 1.82) is 0 Å². The van der Waals surface area contributed by atoms with Crippen LogP contribution >= 0.6 is 0 Å². The van der Waals surface area contributed by atoms with E-state index in [0.29, 0.717) is 12.1 Å². The van der Waals surface area contributed by atoms with Crippen LogP contribution in [-0.2, 0) is 11.3 Å². The molecule has 2 aliphatic rings. The van der Waals surface area contributed by atoms with Crippen molar-refractivity contribution >= 4 is 0 Å². The van der Waals surface area contributed by atoms with E-state index in [9.17, 15) is 0 Å². The third kappa shape index (κ3) is 3.05. The van der Waals surface area contributed by atoms with Crippen LogP contribution in [0.2, 0.25) is 0 Å². The van der Waals surface area contributed by atoms with Gasteiger partial charge in [-0.25, -0.2) is 4.98 Å². The Bertz CT molecular complexity index is 629. The summed E-state index contributed by atoms with van der Waals surface area (Å²) in [6, 6.07) is 0.909. The van der Waals surface area contributed by atoms with Crippen molar-refractivity contribution in [3.8, 4) is 0 Å². The molecule has 1 N–H and O–H groups in total. The zero-order valence-corrected chi connectivity index (χ0v) is 13.7. The molecule has 0 aromatic carbocycles. The maximum absolute atomic E-state index is 5.46. The minimum atomic E-state index is 0.413. The number of rotatable bonds is 4. The standard InChI is InChI=1S/C17H25N5O/c1-13-14(12-22(20-13)15-4-9-23-10-5-15)11-21-8-2-3-16(21)17-18-6-7-19-17/h6-7,12,15-16H,2-5,8-11H2,1H3,(H,18,19). The van der Waals surface area contributed by atoms with Gasteiger partial charge in [0.1, 0.15) is 5.82 Å². The fourth-order valence-corrected chi connectivity index (χ4v) is 3.81. The highest BCUT2D eigenvalue weighted by Gasteiger charge is 2.29. The van der Waals surface area contributed by atoms with Gasteiger partial charge in [-0.2, -0.15) is 5.10 Å². The van der Waals surface area contributed by atoms with E-state index < -0.39 is 0 Å². The molecule has 2 aromatic heterocycles. The summed E-state index contributed by atoms with van der Waals surface area (Å²) >= 11 is 0. The molecule has 2 saturated heterocycles. The smallest absolute Gasteiger partial charge is 0.123 e. The summed E-state index contributed by atoms with van der Waals surface area (Å²) in [5.41, 5.74) is 2.50. The Morgan fingerprint density at radius 2 is 2.17 bits per heavy atom. The van der Waals surface area contributed by atoms with E-state index in [1.807, 2.05) is 12.4 Å². The zero-order valence-electron chi connectivity index (χ0n) is 13.7. The minimum Gasteiger partial charge on any atom is -0.381 e. The molecule has 2 aromatic rings. The van der Waals surface area contributed by atoms with Crippen LogP contribution in [0.1, 0.15) is 54.8 Å². The number of hydrogen-bond acceptors (Lipinski definition) is 4. The monoisotopic (exact) mass is 315 g/mol. The van der Waals surface area contributed by atoms with Gasteiger partial charge in [0.05, 0.1) is 17.8 Å². The van der Waals surface area contributed by atoms with Crippen LogP contribution in [0.3, 0.4) is 0 Å². The molecule has 124 valence electrons. The van der Waals surface area contributed by atoms with Gasteiger partial charge in [0, 0.05) is 43.9 Å². The van der Waals surface area contributed by atoms with Gasteiger partial charge in [0.15, 0.2) is 0 Å². The van der Waals surface area contributed by atoms with Gasteiger partial charge in [0.25, 0.3) is 0 Å². The molecule has 0 bridgehead atoms. The normalized spacial score (nSPS) is 23.6. The molecule has 1 atom stereocenters.